The number of imidazole rings is 1. The fourth-order valence-corrected chi connectivity index (χ4v) is 3.36. The lowest BCUT2D eigenvalue weighted by molar-refractivity contribution is -0.123. The summed E-state index contributed by atoms with van der Waals surface area (Å²) in [6, 6.07) is 0.555. The van der Waals surface area contributed by atoms with Crippen molar-refractivity contribution in [2.24, 2.45) is 0 Å². The quantitative estimate of drug-likeness (QED) is 0.735. The fourth-order valence-electron chi connectivity index (χ4n) is 3.36. The molecule has 0 radical (unpaired) electrons. The molecule has 1 atom stereocenters. The number of carbonyl (C=O) groups is 1. The highest BCUT2D eigenvalue weighted by molar-refractivity contribution is 5.82. The molecule has 1 saturated carbocycles. The van der Waals surface area contributed by atoms with E-state index in [4.69, 9.17) is 0 Å². The van der Waals surface area contributed by atoms with Crippen LogP contribution in [-0.4, -0.2) is 53.0 Å². The van der Waals surface area contributed by atoms with E-state index in [0.717, 1.165) is 24.5 Å². The summed E-state index contributed by atoms with van der Waals surface area (Å²) < 4.78 is 0. The summed E-state index contributed by atoms with van der Waals surface area (Å²) in [6.07, 6.45) is 7.66. The molecule has 2 heterocycles. The molecule has 1 aromatic heterocycles. The molecule has 3 rings (SSSR count). The zero-order valence-electron chi connectivity index (χ0n) is 12.7. The third kappa shape index (κ3) is 3.44. The topological polar surface area (TPSA) is 73.0 Å². The molecule has 1 unspecified atom stereocenters. The van der Waals surface area contributed by atoms with Gasteiger partial charge >= 0.3 is 0 Å². The van der Waals surface area contributed by atoms with Crippen molar-refractivity contribution in [3.63, 3.8) is 0 Å². The number of carbonyl (C=O) groups excluding carboxylic acids is 1. The molecule has 1 fully saturated rings. The van der Waals surface area contributed by atoms with Crippen molar-refractivity contribution in [3.8, 4) is 0 Å². The number of hydrogen-bond acceptors (Lipinski definition) is 4. The molecule has 3 N–H and O–H groups in total. The number of likely N-dealkylation sites (N-methyl/N-ethyl adjacent to an activating group) is 1. The Kier molecular flexibility index (Phi) is 4.55. The van der Waals surface area contributed by atoms with E-state index in [-0.39, 0.29) is 11.9 Å². The van der Waals surface area contributed by atoms with Crippen molar-refractivity contribution >= 4 is 5.91 Å². The van der Waals surface area contributed by atoms with Gasteiger partial charge in [-0.05, 0) is 19.9 Å². The lowest BCUT2D eigenvalue weighted by atomic mass is 10.0. The first-order valence-electron chi connectivity index (χ1n) is 7.96. The van der Waals surface area contributed by atoms with Crippen LogP contribution in [0, 0.1) is 0 Å². The van der Waals surface area contributed by atoms with Crippen molar-refractivity contribution in [2.45, 2.75) is 50.7 Å². The van der Waals surface area contributed by atoms with Gasteiger partial charge < -0.3 is 15.2 Å². The highest BCUT2D eigenvalue weighted by atomic mass is 16.2. The minimum atomic E-state index is -0.155. The Labute approximate surface area is 125 Å². The van der Waals surface area contributed by atoms with Gasteiger partial charge in [-0.3, -0.25) is 10.1 Å². The van der Waals surface area contributed by atoms with Gasteiger partial charge in [0, 0.05) is 32.1 Å². The zero-order chi connectivity index (χ0) is 14.7. The summed E-state index contributed by atoms with van der Waals surface area (Å²) in [6.45, 7) is 2.34. The van der Waals surface area contributed by atoms with E-state index >= 15 is 0 Å². The van der Waals surface area contributed by atoms with E-state index in [0.29, 0.717) is 19.0 Å². The Hall–Kier alpha value is -1.40. The number of rotatable bonds is 5. The first kappa shape index (κ1) is 14.5. The van der Waals surface area contributed by atoms with Crippen LogP contribution < -0.4 is 10.6 Å². The summed E-state index contributed by atoms with van der Waals surface area (Å²) in [5, 5.41) is 6.31. The molecule has 1 aromatic rings. The molecule has 1 amide bonds. The number of hydrogen-bond donors (Lipinski definition) is 3. The highest BCUT2D eigenvalue weighted by Gasteiger charge is 2.25. The Morgan fingerprint density at radius 1 is 1.48 bits per heavy atom. The molecule has 0 bridgehead atoms. The maximum Gasteiger partial charge on any atom is 0.237 e. The van der Waals surface area contributed by atoms with Crippen LogP contribution in [0.3, 0.4) is 0 Å². The van der Waals surface area contributed by atoms with E-state index in [1.807, 2.05) is 0 Å². The normalized spacial score (nSPS) is 22.5. The van der Waals surface area contributed by atoms with Crippen LogP contribution in [0.5, 0.6) is 0 Å². The summed E-state index contributed by atoms with van der Waals surface area (Å²) >= 11 is 0. The second kappa shape index (κ2) is 6.58. The van der Waals surface area contributed by atoms with Crippen LogP contribution in [0.15, 0.2) is 6.33 Å². The number of fused-ring (bicyclic) bond motifs is 1. The van der Waals surface area contributed by atoms with Crippen molar-refractivity contribution < 1.29 is 4.79 Å². The third-order valence-electron chi connectivity index (χ3n) is 4.76. The van der Waals surface area contributed by atoms with Gasteiger partial charge in [0.1, 0.15) is 0 Å². The second-order valence-corrected chi connectivity index (χ2v) is 6.18. The van der Waals surface area contributed by atoms with Crippen molar-refractivity contribution in [2.75, 3.05) is 20.1 Å². The lowest BCUT2D eigenvalue weighted by Gasteiger charge is -2.25. The fraction of sp³-hybridized carbons (Fsp3) is 0.733. The first-order valence-corrected chi connectivity index (χ1v) is 7.96. The summed E-state index contributed by atoms with van der Waals surface area (Å²) in [5.41, 5.74) is 2.11. The van der Waals surface area contributed by atoms with Gasteiger partial charge in [0.05, 0.1) is 23.8 Å². The van der Waals surface area contributed by atoms with Crippen molar-refractivity contribution in [1.29, 1.82) is 0 Å². The predicted octanol–water partition coefficient (Wildman–Crippen LogP) is 0.415. The van der Waals surface area contributed by atoms with E-state index in [1.165, 1.54) is 25.7 Å². The molecule has 0 aromatic carbocycles. The van der Waals surface area contributed by atoms with E-state index in [9.17, 15) is 4.79 Å². The molecular formula is C15H25N5O. The highest BCUT2D eigenvalue weighted by Crippen LogP contribution is 2.21. The van der Waals surface area contributed by atoms with Gasteiger partial charge in [-0.25, -0.2) is 4.98 Å². The van der Waals surface area contributed by atoms with E-state index in [2.05, 4.69) is 32.5 Å². The van der Waals surface area contributed by atoms with E-state index < -0.39 is 0 Å². The van der Waals surface area contributed by atoms with Gasteiger partial charge in [0.25, 0.3) is 0 Å². The lowest BCUT2D eigenvalue weighted by Crippen LogP contribution is -2.49. The molecule has 6 heteroatoms. The largest absolute Gasteiger partial charge is 0.353 e. The van der Waals surface area contributed by atoms with Gasteiger partial charge in [-0.15, -0.1) is 0 Å². The minimum Gasteiger partial charge on any atom is -0.353 e. The van der Waals surface area contributed by atoms with Crippen molar-refractivity contribution in [3.05, 3.63) is 17.7 Å². The first-order chi connectivity index (χ1) is 10.2. The van der Waals surface area contributed by atoms with E-state index in [1.54, 1.807) is 6.33 Å². The van der Waals surface area contributed by atoms with Crippen LogP contribution in [0.1, 0.15) is 37.1 Å². The van der Waals surface area contributed by atoms with Gasteiger partial charge in [-0.1, -0.05) is 12.8 Å². The number of aromatic nitrogens is 2. The molecule has 116 valence electrons. The molecule has 21 heavy (non-hydrogen) atoms. The zero-order valence-corrected chi connectivity index (χ0v) is 12.7. The number of H-pyrrole nitrogens is 1. The number of nitrogens with zero attached hydrogens (tertiary/aromatic N) is 2. The average Bonchev–Trinajstić information content (AvgIpc) is 3.17. The monoisotopic (exact) mass is 291 g/mol. The minimum absolute atomic E-state index is 0.0865. The van der Waals surface area contributed by atoms with Crippen LogP contribution >= 0.6 is 0 Å². The van der Waals surface area contributed by atoms with Gasteiger partial charge in [0.2, 0.25) is 5.91 Å². The SMILES string of the molecule is CN(CCNC(=O)C1Cc2nc[nH]c2CN1)C1CCCC1. The average molecular weight is 291 g/mol. The van der Waals surface area contributed by atoms with Crippen LogP contribution in [0.2, 0.25) is 0 Å². The maximum absolute atomic E-state index is 12.2. The third-order valence-corrected chi connectivity index (χ3v) is 4.76. The molecule has 2 aliphatic rings. The van der Waals surface area contributed by atoms with Crippen LogP contribution in [0.4, 0.5) is 0 Å². The van der Waals surface area contributed by atoms with Gasteiger partial charge in [-0.2, -0.15) is 0 Å². The van der Waals surface area contributed by atoms with Crippen LogP contribution in [0.25, 0.3) is 0 Å². The summed E-state index contributed by atoms with van der Waals surface area (Å²) in [7, 11) is 2.16. The maximum atomic E-state index is 12.2. The molecule has 6 nitrogen and oxygen atoms in total. The Bertz CT molecular complexity index is 480. The standard InChI is InChI=1S/C15H25N5O/c1-20(11-4-2-3-5-11)7-6-16-15(21)13-8-12-14(9-17-13)19-10-18-12/h10-11,13,17H,2-9H2,1H3,(H,16,21)(H,18,19). The summed E-state index contributed by atoms with van der Waals surface area (Å²) in [5.74, 6) is 0.0865. The molecular weight excluding hydrogens is 266 g/mol. The number of nitrogens with one attached hydrogen (secondary N) is 3. The second-order valence-electron chi connectivity index (χ2n) is 6.18. The van der Waals surface area contributed by atoms with Crippen LogP contribution in [-0.2, 0) is 17.8 Å². The summed E-state index contributed by atoms with van der Waals surface area (Å²) in [4.78, 5) is 21.9. The van der Waals surface area contributed by atoms with Crippen molar-refractivity contribution in [1.82, 2.24) is 25.5 Å². The Morgan fingerprint density at radius 2 is 2.29 bits per heavy atom. The molecule has 1 aliphatic heterocycles. The smallest absolute Gasteiger partial charge is 0.237 e. The molecule has 1 aliphatic carbocycles. The molecule has 0 spiro atoms. The Morgan fingerprint density at radius 3 is 3.10 bits per heavy atom. The van der Waals surface area contributed by atoms with Gasteiger partial charge in [0.15, 0.2) is 0 Å². The number of aromatic amines is 1. The Balaban J connectivity index is 1.40. The number of amides is 1. The predicted molar refractivity (Wildman–Crippen MR) is 80.8 cm³/mol. The molecule has 0 saturated heterocycles.